The Morgan fingerprint density at radius 1 is 1.00 bits per heavy atom. The third-order valence-corrected chi connectivity index (χ3v) is 2.95. The van der Waals surface area contributed by atoms with Gasteiger partial charge in [-0.05, 0) is 26.2 Å². The lowest BCUT2D eigenvalue weighted by molar-refractivity contribution is -0.147. The van der Waals surface area contributed by atoms with Crippen LogP contribution in [0.5, 0.6) is 0 Å². The van der Waals surface area contributed by atoms with E-state index in [1.807, 2.05) is 6.92 Å². The maximum Gasteiger partial charge on any atom is 0.309 e. The van der Waals surface area contributed by atoms with Crippen molar-refractivity contribution in [1.29, 1.82) is 0 Å². The maximum atomic E-state index is 11.5. The van der Waals surface area contributed by atoms with Crippen LogP contribution in [0.2, 0.25) is 0 Å². The van der Waals surface area contributed by atoms with E-state index in [1.165, 1.54) is 14.0 Å². The predicted molar refractivity (Wildman–Crippen MR) is 69.1 cm³/mol. The van der Waals surface area contributed by atoms with Crippen LogP contribution in [-0.2, 0) is 19.1 Å². The summed E-state index contributed by atoms with van der Waals surface area (Å²) in [5.74, 6) is -0.127. The SMILES string of the molecule is COC(=O)C(CCCC(C)CC(C)=O)CC(C)=O. The van der Waals surface area contributed by atoms with Crippen LogP contribution in [-0.4, -0.2) is 24.6 Å². The molecule has 0 aromatic heterocycles. The largest absolute Gasteiger partial charge is 0.469 e. The van der Waals surface area contributed by atoms with E-state index < -0.39 is 0 Å². The molecule has 0 bridgehead atoms. The minimum absolute atomic E-state index is 0.00202. The van der Waals surface area contributed by atoms with Crippen molar-refractivity contribution in [1.82, 2.24) is 0 Å². The van der Waals surface area contributed by atoms with Gasteiger partial charge in [0.1, 0.15) is 11.6 Å². The lowest BCUT2D eigenvalue weighted by Crippen LogP contribution is -2.19. The van der Waals surface area contributed by atoms with Crippen molar-refractivity contribution < 1.29 is 19.1 Å². The van der Waals surface area contributed by atoms with Crippen molar-refractivity contribution in [3.8, 4) is 0 Å². The number of hydrogen-bond donors (Lipinski definition) is 0. The average Bonchev–Trinajstić information content (AvgIpc) is 2.25. The van der Waals surface area contributed by atoms with Crippen molar-refractivity contribution in [2.75, 3.05) is 7.11 Å². The Labute approximate surface area is 109 Å². The summed E-state index contributed by atoms with van der Waals surface area (Å²) in [5, 5.41) is 0. The summed E-state index contributed by atoms with van der Waals surface area (Å²) in [6.45, 7) is 5.09. The molecule has 0 rings (SSSR count). The zero-order chi connectivity index (χ0) is 14.1. The minimum Gasteiger partial charge on any atom is -0.469 e. The second kappa shape index (κ2) is 8.84. The Kier molecular flexibility index (Phi) is 8.25. The first kappa shape index (κ1) is 16.8. The second-order valence-electron chi connectivity index (χ2n) is 5.07. The third kappa shape index (κ3) is 7.98. The van der Waals surface area contributed by atoms with Crippen LogP contribution in [0.25, 0.3) is 0 Å². The van der Waals surface area contributed by atoms with Crippen molar-refractivity contribution in [3.05, 3.63) is 0 Å². The van der Waals surface area contributed by atoms with E-state index in [2.05, 4.69) is 0 Å². The van der Waals surface area contributed by atoms with Gasteiger partial charge in [0.05, 0.1) is 13.0 Å². The third-order valence-electron chi connectivity index (χ3n) is 2.95. The van der Waals surface area contributed by atoms with Gasteiger partial charge in [0.25, 0.3) is 0 Å². The molecule has 2 unspecified atom stereocenters. The van der Waals surface area contributed by atoms with Crippen molar-refractivity contribution in [2.24, 2.45) is 11.8 Å². The smallest absolute Gasteiger partial charge is 0.309 e. The summed E-state index contributed by atoms with van der Waals surface area (Å²) in [6.07, 6.45) is 3.20. The summed E-state index contributed by atoms with van der Waals surface area (Å²) in [6, 6.07) is 0. The fraction of sp³-hybridized carbons (Fsp3) is 0.786. The molecule has 0 aromatic rings. The molecule has 0 aliphatic carbocycles. The number of carbonyl (C=O) groups excluding carboxylic acids is 3. The van der Waals surface area contributed by atoms with Gasteiger partial charge in [-0.2, -0.15) is 0 Å². The molecule has 0 aliphatic heterocycles. The summed E-state index contributed by atoms with van der Waals surface area (Å²) in [5.41, 5.74) is 0. The van der Waals surface area contributed by atoms with E-state index in [9.17, 15) is 14.4 Å². The highest BCUT2D eigenvalue weighted by Gasteiger charge is 2.20. The number of ketones is 2. The summed E-state index contributed by atoms with van der Waals surface area (Å²) >= 11 is 0. The van der Waals surface area contributed by atoms with E-state index in [-0.39, 0.29) is 29.9 Å². The van der Waals surface area contributed by atoms with Gasteiger partial charge in [-0.15, -0.1) is 0 Å². The fourth-order valence-corrected chi connectivity index (χ4v) is 2.12. The van der Waals surface area contributed by atoms with Crippen LogP contribution in [0.1, 0.15) is 52.9 Å². The topological polar surface area (TPSA) is 60.4 Å². The molecule has 0 radical (unpaired) electrons. The molecule has 0 saturated carbocycles. The number of Topliss-reactive ketones (excluding diaryl/α,β-unsaturated/α-hetero) is 2. The van der Waals surface area contributed by atoms with Gasteiger partial charge in [-0.1, -0.05) is 19.8 Å². The van der Waals surface area contributed by atoms with E-state index in [0.717, 1.165) is 12.8 Å². The molecule has 0 saturated heterocycles. The lowest BCUT2D eigenvalue weighted by atomic mass is 9.92. The van der Waals surface area contributed by atoms with Gasteiger partial charge < -0.3 is 14.3 Å². The average molecular weight is 256 g/mol. The molecule has 0 fully saturated rings. The first-order chi connectivity index (χ1) is 8.36. The Balaban J connectivity index is 4.07. The Hall–Kier alpha value is -1.19. The molecule has 0 aliphatic rings. The highest BCUT2D eigenvalue weighted by atomic mass is 16.5. The van der Waals surface area contributed by atoms with Crippen LogP contribution >= 0.6 is 0 Å². The van der Waals surface area contributed by atoms with E-state index >= 15 is 0 Å². The standard InChI is InChI=1S/C14H24O4/c1-10(8-11(2)15)6-5-7-13(9-12(3)16)14(17)18-4/h10,13H,5-9H2,1-4H3. The minimum atomic E-state index is -0.336. The molecule has 104 valence electrons. The van der Waals surface area contributed by atoms with Gasteiger partial charge >= 0.3 is 5.97 Å². The molecule has 2 atom stereocenters. The molecular formula is C14H24O4. The van der Waals surface area contributed by atoms with Gasteiger partial charge in [-0.25, -0.2) is 0 Å². The van der Waals surface area contributed by atoms with Crippen LogP contribution in [0, 0.1) is 11.8 Å². The Bertz CT molecular complexity index is 296. The van der Waals surface area contributed by atoms with Gasteiger partial charge in [0.15, 0.2) is 0 Å². The number of rotatable bonds is 9. The number of ether oxygens (including phenoxy) is 1. The molecule has 0 aromatic carbocycles. The number of hydrogen-bond acceptors (Lipinski definition) is 4. The van der Waals surface area contributed by atoms with Gasteiger partial charge in [0.2, 0.25) is 0 Å². The Morgan fingerprint density at radius 3 is 2.00 bits per heavy atom. The predicted octanol–water partition coefficient (Wildman–Crippen LogP) is 2.54. The molecule has 0 spiro atoms. The summed E-state index contributed by atoms with van der Waals surface area (Å²) < 4.78 is 4.69. The molecule has 4 nitrogen and oxygen atoms in total. The fourth-order valence-electron chi connectivity index (χ4n) is 2.12. The normalized spacial score (nSPS) is 13.8. The van der Waals surface area contributed by atoms with Gasteiger partial charge in [-0.3, -0.25) is 4.79 Å². The number of esters is 1. The van der Waals surface area contributed by atoms with Crippen LogP contribution in [0.15, 0.2) is 0 Å². The summed E-state index contributed by atoms with van der Waals surface area (Å²) in [4.78, 5) is 33.5. The Morgan fingerprint density at radius 2 is 1.56 bits per heavy atom. The first-order valence-corrected chi connectivity index (χ1v) is 6.43. The molecule has 4 heteroatoms. The van der Waals surface area contributed by atoms with Crippen molar-refractivity contribution >= 4 is 17.5 Å². The monoisotopic (exact) mass is 256 g/mol. The zero-order valence-electron chi connectivity index (χ0n) is 11.8. The highest BCUT2D eigenvalue weighted by Crippen LogP contribution is 2.19. The maximum absolute atomic E-state index is 11.5. The molecule has 18 heavy (non-hydrogen) atoms. The molecular weight excluding hydrogens is 232 g/mol. The van der Waals surface area contributed by atoms with Crippen molar-refractivity contribution in [3.63, 3.8) is 0 Å². The molecule has 0 N–H and O–H groups in total. The second-order valence-corrected chi connectivity index (χ2v) is 5.07. The van der Waals surface area contributed by atoms with Crippen molar-refractivity contribution in [2.45, 2.75) is 52.9 Å². The van der Waals surface area contributed by atoms with Crippen LogP contribution in [0.3, 0.4) is 0 Å². The number of methoxy groups -OCH3 is 1. The lowest BCUT2D eigenvalue weighted by Gasteiger charge is -2.14. The van der Waals surface area contributed by atoms with Crippen LogP contribution < -0.4 is 0 Å². The van der Waals surface area contributed by atoms with E-state index in [1.54, 1.807) is 6.92 Å². The van der Waals surface area contributed by atoms with E-state index in [4.69, 9.17) is 4.74 Å². The van der Waals surface area contributed by atoms with Crippen LogP contribution in [0.4, 0.5) is 0 Å². The highest BCUT2D eigenvalue weighted by molar-refractivity contribution is 5.82. The molecule has 0 heterocycles. The summed E-state index contributed by atoms with van der Waals surface area (Å²) in [7, 11) is 1.34. The first-order valence-electron chi connectivity index (χ1n) is 6.43. The quantitative estimate of drug-likeness (QED) is 0.595. The van der Waals surface area contributed by atoms with Gasteiger partial charge in [0, 0.05) is 12.8 Å². The number of carbonyl (C=O) groups is 3. The molecule has 0 amide bonds. The zero-order valence-corrected chi connectivity index (χ0v) is 11.8. The van der Waals surface area contributed by atoms with E-state index in [0.29, 0.717) is 18.8 Å².